The number of hydrogen-bond acceptors (Lipinski definition) is 3. The first-order valence-electron chi connectivity index (χ1n) is 4.84. The molecule has 0 fully saturated rings. The highest BCUT2D eigenvalue weighted by atomic mass is 79.9. The van der Waals surface area contributed by atoms with Crippen LogP contribution in [-0.4, -0.2) is 25.5 Å². The maximum atomic E-state index is 11.6. The van der Waals surface area contributed by atoms with Crippen LogP contribution in [0.1, 0.15) is 16.8 Å². The van der Waals surface area contributed by atoms with Crippen LogP contribution in [0.15, 0.2) is 22.7 Å². The van der Waals surface area contributed by atoms with Crippen molar-refractivity contribution in [1.29, 1.82) is 0 Å². The van der Waals surface area contributed by atoms with Crippen molar-refractivity contribution >= 4 is 39.4 Å². The summed E-state index contributed by atoms with van der Waals surface area (Å²) < 4.78 is 5.18. The van der Waals surface area contributed by atoms with Gasteiger partial charge in [0.25, 0.3) is 5.91 Å². The maximum Gasteiger partial charge on any atom is 0.307 e. The monoisotopic (exact) mass is 319 g/mol. The van der Waals surface area contributed by atoms with E-state index in [9.17, 15) is 9.59 Å². The first-order chi connectivity index (χ1) is 8.04. The van der Waals surface area contributed by atoms with Crippen LogP contribution >= 0.6 is 27.5 Å². The van der Waals surface area contributed by atoms with Gasteiger partial charge in [0.2, 0.25) is 0 Å². The third-order valence-corrected chi connectivity index (χ3v) is 3.26. The SMILES string of the molecule is COC(=O)CCNC(=O)c1ccc(Br)c(Cl)c1. The molecule has 0 atom stereocenters. The van der Waals surface area contributed by atoms with E-state index in [1.54, 1.807) is 18.2 Å². The molecule has 0 aliphatic heterocycles. The average Bonchev–Trinajstić information content (AvgIpc) is 2.32. The normalized spacial score (nSPS) is 9.82. The van der Waals surface area contributed by atoms with Gasteiger partial charge in [-0.2, -0.15) is 0 Å². The number of nitrogens with one attached hydrogen (secondary N) is 1. The second-order valence-electron chi connectivity index (χ2n) is 3.21. The van der Waals surface area contributed by atoms with Gasteiger partial charge < -0.3 is 10.1 Å². The molecule has 92 valence electrons. The van der Waals surface area contributed by atoms with E-state index in [-0.39, 0.29) is 24.8 Å². The van der Waals surface area contributed by atoms with Gasteiger partial charge in [-0.1, -0.05) is 11.6 Å². The molecule has 1 aromatic rings. The van der Waals surface area contributed by atoms with Crippen LogP contribution in [0.25, 0.3) is 0 Å². The number of rotatable bonds is 4. The largest absolute Gasteiger partial charge is 0.469 e. The lowest BCUT2D eigenvalue weighted by atomic mass is 10.2. The summed E-state index contributed by atoms with van der Waals surface area (Å²) in [6, 6.07) is 4.89. The molecule has 1 amide bonds. The molecule has 17 heavy (non-hydrogen) atoms. The Morgan fingerprint density at radius 1 is 1.47 bits per heavy atom. The highest BCUT2D eigenvalue weighted by Crippen LogP contribution is 2.23. The lowest BCUT2D eigenvalue weighted by molar-refractivity contribution is -0.140. The van der Waals surface area contributed by atoms with Gasteiger partial charge in [0.05, 0.1) is 18.6 Å². The topological polar surface area (TPSA) is 55.4 Å². The predicted octanol–water partition coefficient (Wildman–Crippen LogP) is 2.40. The second kappa shape index (κ2) is 6.61. The van der Waals surface area contributed by atoms with Crippen molar-refractivity contribution in [2.75, 3.05) is 13.7 Å². The fraction of sp³-hybridized carbons (Fsp3) is 0.273. The minimum atomic E-state index is -0.362. The Kier molecular flexibility index (Phi) is 5.44. The van der Waals surface area contributed by atoms with Crippen molar-refractivity contribution in [2.45, 2.75) is 6.42 Å². The smallest absolute Gasteiger partial charge is 0.307 e. The molecule has 0 aliphatic carbocycles. The van der Waals surface area contributed by atoms with Crippen LogP contribution in [0.3, 0.4) is 0 Å². The number of esters is 1. The van der Waals surface area contributed by atoms with E-state index in [4.69, 9.17) is 11.6 Å². The summed E-state index contributed by atoms with van der Waals surface area (Å²) in [7, 11) is 1.30. The molecule has 0 heterocycles. The summed E-state index contributed by atoms with van der Waals surface area (Å²) in [6.07, 6.45) is 0.145. The number of methoxy groups -OCH3 is 1. The highest BCUT2D eigenvalue weighted by molar-refractivity contribution is 9.10. The molecule has 0 saturated carbocycles. The number of amides is 1. The van der Waals surface area contributed by atoms with E-state index in [0.29, 0.717) is 10.6 Å². The summed E-state index contributed by atoms with van der Waals surface area (Å²) in [5, 5.41) is 3.06. The molecule has 0 aromatic heterocycles. The van der Waals surface area contributed by atoms with Gasteiger partial charge in [0.1, 0.15) is 0 Å². The summed E-state index contributed by atoms with van der Waals surface area (Å²) in [5.41, 5.74) is 0.447. The van der Waals surface area contributed by atoms with Gasteiger partial charge in [-0.15, -0.1) is 0 Å². The zero-order valence-corrected chi connectivity index (χ0v) is 11.5. The lowest BCUT2D eigenvalue weighted by Gasteiger charge is -2.05. The Labute approximate surface area is 112 Å². The van der Waals surface area contributed by atoms with Gasteiger partial charge in [-0.25, -0.2) is 0 Å². The minimum Gasteiger partial charge on any atom is -0.469 e. The Morgan fingerprint density at radius 2 is 2.18 bits per heavy atom. The standard InChI is InChI=1S/C11H11BrClNO3/c1-17-10(15)4-5-14-11(16)7-2-3-8(12)9(13)6-7/h2-3,6H,4-5H2,1H3,(H,14,16). The molecule has 1 rings (SSSR count). The molecule has 0 bridgehead atoms. The predicted molar refractivity (Wildman–Crippen MR) is 68.1 cm³/mol. The summed E-state index contributed by atoms with van der Waals surface area (Å²) in [5.74, 6) is -0.637. The van der Waals surface area contributed by atoms with Gasteiger partial charge in [-0.05, 0) is 34.1 Å². The Morgan fingerprint density at radius 3 is 2.76 bits per heavy atom. The summed E-state index contributed by atoms with van der Waals surface area (Å²) in [6.45, 7) is 0.235. The number of benzene rings is 1. The fourth-order valence-electron chi connectivity index (χ4n) is 1.12. The zero-order chi connectivity index (χ0) is 12.8. The lowest BCUT2D eigenvalue weighted by Crippen LogP contribution is -2.26. The third-order valence-electron chi connectivity index (χ3n) is 2.02. The Bertz CT molecular complexity index is 437. The Balaban J connectivity index is 2.52. The Hall–Kier alpha value is -1.07. The molecule has 0 aliphatic rings. The first-order valence-corrected chi connectivity index (χ1v) is 6.01. The van der Waals surface area contributed by atoms with E-state index >= 15 is 0 Å². The van der Waals surface area contributed by atoms with E-state index in [1.807, 2.05) is 0 Å². The van der Waals surface area contributed by atoms with Crippen molar-refractivity contribution in [2.24, 2.45) is 0 Å². The molecule has 6 heteroatoms. The van der Waals surface area contributed by atoms with Crippen molar-refractivity contribution in [1.82, 2.24) is 5.32 Å². The molecule has 4 nitrogen and oxygen atoms in total. The number of halogens is 2. The van der Waals surface area contributed by atoms with Crippen molar-refractivity contribution < 1.29 is 14.3 Å². The van der Waals surface area contributed by atoms with Crippen LogP contribution in [-0.2, 0) is 9.53 Å². The van der Waals surface area contributed by atoms with Crippen LogP contribution in [0, 0.1) is 0 Å². The van der Waals surface area contributed by atoms with Crippen LogP contribution in [0.2, 0.25) is 5.02 Å². The molecular weight excluding hydrogens is 309 g/mol. The van der Waals surface area contributed by atoms with E-state index < -0.39 is 0 Å². The van der Waals surface area contributed by atoms with Crippen LogP contribution in [0.5, 0.6) is 0 Å². The molecule has 1 N–H and O–H groups in total. The third kappa shape index (κ3) is 4.36. The molecular formula is C11H11BrClNO3. The van der Waals surface area contributed by atoms with Crippen molar-refractivity contribution in [3.63, 3.8) is 0 Å². The summed E-state index contributed by atoms with van der Waals surface area (Å²) in [4.78, 5) is 22.5. The molecule has 0 saturated heterocycles. The number of hydrogen-bond donors (Lipinski definition) is 1. The van der Waals surface area contributed by atoms with Crippen LogP contribution in [0.4, 0.5) is 0 Å². The summed E-state index contributed by atoms with van der Waals surface area (Å²) >= 11 is 9.10. The molecule has 0 radical (unpaired) electrons. The van der Waals surface area contributed by atoms with Crippen LogP contribution < -0.4 is 5.32 Å². The number of carbonyl (C=O) groups excluding carboxylic acids is 2. The zero-order valence-electron chi connectivity index (χ0n) is 9.13. The molecule has 0 spiro atoms. The van der Waals surface area contributed by atoms with Crippen molar-refractivity contribution in [3.05, 3.63) is 33.3 Å². The molecule has 0 unspecified atom stereocenters. The highest BCUT2D eigenvalue weighted by Gasteiger charge is 2.08. The maximum absolute atomic E-state index is 11.6. The second-order valence-corrected chi connectivity index (χ2v) is 4.47. The van der Waals surface area contributed by atoms with Gasteiger partial charge in [0.15, 0.2) is 0 Å². The van der Waals surface area contributed by atoms with E-state index in [2.05, 4.69) is 26.0 Å². The number of carbonyl (C=O) groups is 2. The van der Waals surface area contributed by atoms with E-state index in [0.717, 1.165) is 4.47 Å². The van der Waals surface area contributed by atoms with Gasteiger partial charge in [-0.3, -0.25) is 9.59 Å². The molecule has 1 aromatic carbocycles. The van der Waals surface area contributed by atoms with E-state index in [1.165, 1.54) is 7.11 Å². The first kappa shape index (κ1) is 14.0. The number of ether oxygens (including phenoxy) is 1. The van der Waals surface area contributed by atoms with Gasteiger partial charge in [0, 0.05) is 16.6 Å². The fourth-order valence-corrected chi connectivity index (χ4v) is 1.55. The van der Waals surface area contributed by atoms with Gasteiger partial charge >= 0.3 is 5.97 Å². The average molecular weight is 321 g/mol. The van der Waals surface area contributed by atoms with Crippen molar-refractivity contribution in [3.8, 4) is 0 Å². The minimum absolute atomic E-state index is 0.145. The quantitative estimate of drug-likeness (QED) is 0.867.